The van der Waals surface area contributed by atoms with Gasteiger partial charge in [-0.3, -0.25) is 4.98 Å². The number of para-hydroxylation sites is 2. The average molecular weight is 354 g/mol. The molecule has 4 aromatic rings. The molecule has 0 saturated heterocycles. The Labute approximate surface area is 149 Å². The van der Waals surface area contributed by atoms with Crippen molar-refractivity contribution in [1.29, 1.82) is 0 Å². The van der Waals surface area contributed by atoms with Crippen molar-refractivity contribution in [2.75, 3.05) is 0 Å². The summed E-state index contributed by atoms with van der Waals surface area (Å²) in [5.74, 6) is 0.893. The number of nitrogens with zero attached hydrogens (tertiary/aromatic N) is 3. The Morgan fingerprint density at radius 1 is 0.917 bits per heavy atom. The maximum absolute atomic E-state index is 6.37. The molecule has 0 aliphatic heterocycles. The number of rotatable bonds is 3. The molecule has 0 saturated carbocycles. The maximum atomic E-state index is 6.37. The molecular weight excluding hydrogens is 341 g/mol. The molecule has 118 valence electrons. The predicted molar refractivity (Wildman–Crippen MR) is 98.5 cm³/mol. The summed E-state index contributed by atoms with van der Waals surface area (Å²) in [6.07, 6.45) is 3.54. The maximum Gasteiger partial charge on any atom is 0.141 e. The minimum atomic E-state index is 0.619. The quantitative estimate of drug-likeness (QED) is 0.490. The molecule has 0 amide bonds. The standard InChI is InChI=1S/C19H13Cl2N3/c20-15-6-5-14(16(21)11-15)12-24-18-4-2-1-3-17(18)23-19(24)13-7-9-22-10-8-13/h1-11H,12H2. The zero-order valence-corrected chi connectivity index (χ0v) is 14.2. The van der Waals surface area contributed by atoms with Crippen molar-refractivity contribution in [3.05, 3.63) is 82.6 Å². The van der Waals surface area contributed by atoms with E-state index in [1.807, 2.05) is 42.5 Å². The van der Waals surface area contributed by atoms with E-state index in [4.69, 9.17) is 28.2 Å². The zero-order valence-electron chi connectivity index (χ0n) is 12.7. The fraction of sp³-hybridized carbons (Fsp3) is 0.0526. The lowest BCUT2D eigenvalue weighted by Crippen LogP contribution is -2.03. The van der Waals surface area contributed by atoms with E-state index >= 15 is 0 Å². The molecule has 24 heavy (non-hydrogen) atoms. The van der Waals surface area contributed by atoms with Gasteiger partial charge in [-0.25, -0.2) is 4.98 Å². The molecule has 0 aliphatic carbocycles. The second kappa shape index (κ2) is 6.27. The smallest absolute Gasteiger partial charge is 0.141 e. The van der Waals surface area contributed by atoms with E-state index in [0.29, 0.717) is 16.6 Å². The summed E-state index contributed by atoms with van der Waals surface area (Å²) in [7, 11) is 0. The normalized spacial score (nSPS) is 11.1. The van der Waals surface area contributed by atoms with Crippen LogP contribution < -0.4 is 0 Å². The summed E-state index contributed by atoms with van der Waals surface area (Å²) in [5.41, 5.74) is 4.04. The highest BCUT2D eigenvalue weighted by Gasteiger charge is 2.14. The minimum Gasteiger partial charge on any atom is -0.319 e. The first-order valence-electron chi connectivity index (χ1n) is 7.52. The van der Waals surface area contributed by atoms with Gasteiger partial charge in [0.2, 0.25) is 0 Å². The summed E-state index contributed by atoms with van der Waals surface area (Å²) in [6, 6.07) is 17.6. The average Bonchev–Trinajstić information content (AvgIpc) is 2.97. The fourth-order valence-electron chi connectivity index (χ4n) is 2.78. The number of hydrogen-bond acceptors (Lipinski definition) is 2. The lowest BCUT2D eigenvalue weighted by atomic mass is 10.2. The highest BCUT2D eigenvalue weighted by molar-refractivity contribution is 6.35. The Morgan fingerprint density at radius 2 is 1.71 bits per heavy atom. The van der Waals surface area contributed by atoms with Crippen LogP contribution in [0.5, 0.6) is 0 Å². The monoisotopic (exact) mass is 353 g/mol. The largest absolute Gasteiger partial charge is 0.319 e. The SMILES string of the molecule is Clc1ccc(Cn2c(-c3ccncc3)nc3ccccc32)c(Cl)c1. The molecule has 0 fully saturated rings. The van der Waals surface area contributed by atoms with Crippen LogP contribution in [0.15, 0.2) is 67.0 Å². The molecule has 5 heteroatoms. The van der Waals surface area contributed by atoms with Crippen molar-refractivity contribution in [2.45, 2.75) is 6.54 Å². The van der Waals surface area contributed by atoms with Gasteiger partial charge in [0, 0.05) is 28.0 Å². The second-order valence-corrected chi connectivity index (χ2v) is 6.33. The van der Waals surface area contributed by atoms with E-state index in [1.165, 1.54) is 0 Å². The highest BCUT2D eigenvalue weighted by atomic mass is 35.5. The summed E-state index contributed by atoms with van der Waals surface area (Å²) >= 11 is 12.4. The van der Waals surface area contributed by atoms with Crippen LogP contribution in [0.4, 0.5) is 0 Å². The Morgan fingerprint density at radius 3 is 2.50 bits per heavy atom. The van der Waals surface area contributed by atoms with Gasteiger partial charge in [0.05, 0.1) is 17.6 Å². The van der Waals surface area contributed by atoms with Gasteiger partial charge in [0.15, 0.2) is 0 Å². The number of benzene rings is 2. The van der Waals surface area contributed by atoms with E-state index in [2.05, 4.69) is 15.6 Å². The fourth-order valence-corrected chi connectivity index (χ4v) is 3.25. The molecule has 2 aromatic carbocycles. The van der Waals surface area contributed by atoms with Crippen LogP contribution in [0.3, 0.4) is 0 Å². The van der Waals surface area contributed by atoms with Gasteiger partial charge in [0.1, 0.15) is 5.82 Å². The van der Waals surface area contributed by atoms with Crippen molar-refractivity contribution in [3.8, 4) is 11.4 Å². The number of imidazole rings is 1. The highest BCUT2D eigenvalue weighted by Crippen LogP contribution is 2.28. The van der Waals surface area contributed by atoms with Gasteiger partial charge in [0.25, 0.3) is 0 Å². The van der Waals surface area contributed by atoms with Gasteiger partial charge in [-0.15, -0.1) is 0 Å². The molecule has 2 heterocycles. The molecule has 0 bridgehead atoms. The van der Waals surface area contributed by atoms with Crippen molar-refractivity contribution in [1.82, 2.24) is 14.5 Å². The Balaban J connectivity index is 1.89. The Bertz CT molecular complexity index is 1010. The Kier molecular flexibility index (Phi) is 3.97. The van der Waals surface area contributed by atoms with Crippen LogP contribution in [0.25, 0.3) is 22.4 Å². The van der Waals surface area contributed by atoms with Crippen LogP contribution in [0, 0.1) is 0 Å². The van der Waals surface area contributed by atoms with Gasteiger partial charge in [-0.1, -0.05) is 41.4 Å². The number of pyridine rings is 1. The van der Waals surface area contributed by atoms with Gasteiger partial charge in [-0.2, -0.15) is 0 Å². The van der Waals surface area contributed by atoms with E-state index in [-0.39, 0.29) is 0 Å². The minimum absolute atomic E-state index is 0.619. The first kappa shape index (κ1) is 15.2. The predicted octanol–water partition coefficient (Wildman–Crippen LogP) is 5.45. The van der Waals surface area contributed by atoms with Crippen LogP contribution in [0.2, 0.25) is 10.0 Å². The molecular formula is C19H13Cl2N3. The molecule has 0 N–H and O–H groups in total. The van der Waals surface area contributed by atoms with Crippen molar-refractivity contribution in [2.24, 2.45) is 0 Å². The van der Waals surface area contributed by atoms with Crippen molar-refractivity contribution >= 4 is 34.2 Å². The van der Waals surface area contributed by atoms with E-state index < -0.39 is 0 Å². The lowest BCUT2D eigenvalue weighted by molar-refractivity contribution is 0.834. The molecule has 0 atom stereocenters. The molecule has 0 aliphatic rings. The second-order valence-electron chi connectivity index (χ2n) is 5.48. The molecule has 0 radical (unpaired) electrons. The third kappa shape index (κ3) is 2.77. The molecule has 0 unspecified atom stereocenters. The van der Waals surface area contributed by atoms with Crippen molar-refractivity contribution in [3.63, 3.8) is 0 Å². The van der Waals surface area contributed by atoms with Crippen molar-refractivity contribution < 1.29 is 0 Å². The summed E-state index contributed by atoms with van der Waals surface area (Å²) < 4.78 is 2.17. The third-order valence-electron chi connectivity index (χ3n) is 3.94. The van der Waals surface area contributed by atoms with E-state index in [9.17, 15) is 0 Å². The molecule has 2 aromatic heterocycles. The lowest BCUT2D eigenvalue weighted by Gasteiger charge is -2.11. The van der Waals surface area contributed by atoms with Crippen LogP contribution in [-0.4, -0.2) is 14.5 Å². The number of halogens is 2. The van der Waals surface area contributed by atoms with Gasteiger partial charge < -0.3 is 4.57 Å². The first-order chi connectivity index (χ1) is 11.7. The topological polar surface area (TPSA) is 30.7 Å². The van der Waals surface area contributed by atoms with Crippen LogP contribution in [-0.2, 0) is 6.54 Å². The van der Waals surface area contributed by atoms with Crippen LogP contribution in [0.1, 0.15) is 5.56 Å². The summed E-state index contributed by atoms with van der Waals surface area (Å²) in [5, 5.41) is 1.29. The Hall–Kier alpha value is -2.36. The zero-order chi connectivity index (χ0) is 16.5. The van der Waals surface area contributed by atoms with Gasteiger partial charge in [-0.05, 0) is 42.0 Å². The summed E-state index contributed by atoms with van der Waals surface area (Å²) in [6.45, 7) is 0.619. The third-order valence-corrected chi connectivity index (χ3v) is 4.52. The molecule has 0 spiro atoms. The summed E-state index contributed by atoms with van der Waals surface area (Å²) in [4.78, 5) is 8.88. The van der Waals surface area contributed by atoms with Crippen LogP contribution >= 0.6 is 23.2 Å². The number of hydrogen-bond donors (Lipinski definition) is 0. The first-order valence-corrected chi connectivity index (χ1v) is 8.27. The number of fused-ring (bicyclic) bond motifs is 1. The van der Waals surface area contributed by atoms with Gasteiger partial charge >= 0.3 is 0 Å². The molecule has 3 nitrogen and oxygen atoms in total. The van der Waals surface area contributed by atoms with E-state index in [1.54, 1.807) is 18.5 Å². The number of aromatic nitrogens is 3. The van der Waals surface area contributed by atoms with E-state index in [0.717, 1.165) is 28.0 Å². The molecule has 4 rings (SSSR count).